The Morgan fingerprint density at radius 2 is 2.10 bits per heavy atom. The van der Waals surface area contributed by atoms with E-state index in [4.69, 9.17) is 5.11 Å². The summed E-state index contributed by atoms with van der Waals surface area (Å²) in [5.74, 6) is -0.285. The molecule has 1 aliphatic rings. The molecule has 2 N–H and O–H groups in total. The SMILES string of the molecule is CCSC1CCC(NC(=O)N(CC)CC(C)C(=O)O)C1. The number of urea groups is 1. The van der Waals surface area contributed by atoms with Crippen LogP contribution in [0.25, 0.3) is 0 Å². The lowest BCUT2D eigenvalue weighted by molar-refractivity contribution is -0.141. The van der Waals surface area contributed by atoms with Crippen molar-refractivity contribution in [3.8, 4) is 0 Å². The van der Waals surface area contributed by atoms with E-state index in [0.29, 0.717) is 11.8 Å². The number of nitrogens with zero attached hydrogens (tertiary/aromatic N) is 1. The second-order valence-electron chi connectivity index (χ2n) is 5.31. The normalized spacial score (nSPS) is 23.4. The van der Waals surface area contributed by atoms with Crippen LogP contribution in [0.1, 0.15) is 40.0 Å². The summed E-state index contributed by atoms with van der Waals surface area (Å²) in [6.07, 6.45) is 3.20. The minimum absolute atomic E-state index is 0.132. The molecule has 1 rings (SSSR count). The number of carbonyl (C=O) groups is 2. The number of carbonyl (C=O) groups excluding carboxylic acids is 1. The van der Waals surface area contributed by atoms with Crippen molar-refractivity contribution in [2.45, 2.75) is 51.3 Å². The number of amides is 2. The second kappa shape index (κ2) is 8.39. The minimum Gasteiger partial charge on any atom is -0.481 e. The van der Waals surface area contributed by atoms with Crippen LogP contribution in [-0.4, -0.2) is 52.1 Å². The van der Waals surface area contributed by atoms with Gasteiger partial charge in [0.25, 0.3) is 0 Å². The Morgan fingerprint density at radius 1 is 1.40 bits per heavy atom. The van der Waals surface area contributed by atoms with E-state index in [0.717, 1.165) is 25.0 Å². The molecular weight excluding hydrogens is 276 g/mol. The molecule has 0 aliphatic heterocycles. The third kappa shape index (κ3) is 5.23. The molecule has 1 saturated carbocycles. The van der Waals surface area contributed by atoms with Crippen LogP contribution in [0.2, 0.25) is 0 Å². The van der Waals surface area contributed by atoms with Crippen molar-refractivity contribution < 1.29 is 14.7 Å². The van der Waals surface area contributed by atoms with Gasteiger partial charge < -0.3 is 15.3 Å². The van der Waals surface area contributed by atoms with E-state index < -0.39 is 11.9 Å². The maximum Gasteiger partial charge on any atom is 0.317 e. The Morgan fingerprint density at radius 3 is 2.65 bits per heavy atom. The average molecular weight is 302 g/mol. The highest BCUT2D eigenvalue weighted by atomic mass is 32.2. The number of aliphatic carboxylic acids is 1. The lowest BCUT2D eigenvalue weighted by atomic mass is 10.2. The zero-order valence-corrected chi connectivity index (χ0v) is 13.4. The van der Waals surface area contributed by atoms with Crippen molar-refractivity contribution in [1.29, 1.82) is 0 Å². The van der Waals surface area contributed by atoms with Crippen LogP contribution in [-0.2, 0) is 4.79 Å². The first kappa shape index (κ1) is 17.1. The van der Waals surface area contributed by atoms with Gasteiger partial charge in [-0.2, -0.15) is 11.8 Å². The molecule has 0 radical (unpaired) electrons. The smallest absolute Gasteiger partial charge is 0.317 e. The maximum atomic E-state index is 12.2. The molecule has 0 heterocycles. The van der Waals surface area contributed by atoms with Gasteiger partial charge in [0.2, 0.25) is 0 Å². The largest absolute Gasteiger partial charge is 0.481 e. The number of rotatable bonds is 7. The Bertz CT molecular complexity index is 338. The van der Waals surface area contributed by atoms with Crippen LogP contribution in [0.3, 0.4) is 0 Å². The van der Waals surface area contributed by atoms with Gasteiger partial charge in [0.1, 0.15) is 0 Å². The molecule has 2 amide bonds. The van der Waals surface area contributed by atoms with E-state index in [1.54, 1.807) is 11.8 Å². The minimum atomic E-state index is -0.864. The lowest BCUT2D eigenvalue weighted by Gasteiger charge is -2.25. The van der Waals surface area contributed by atoms with Crippen LogP contribution in [0.15, 0.2) is 0 Å². The van der Waals surface area contributed by atoms with Crippen molar-refractivity contribution in [3.63, 3.8) is 0 Å². The van der Waals surface area contributed by atoms with Gasteiger partial charge in [-0.3, -0.25) is 4.79 Å². The topological polar surface area (TPSA) is 69.6 Å². The zero-order chi connectivity index (χ0) is 15.1. The molecule has 1 aliphatic carbocycles. The highest BCUT2D eigenvalue weighted by molar-refractivity contribution is 7.99. The second-order valence-corrected chi connectivity index (χ2v) is 6.89. The van der Waals surface area contributed by atoms with Gasteiger partial charge in [0.15, 0.2) is 0 Å². The van der Waals surface area contributed by atoms with E-state index in [-0.39, 0.29) is 18.6 Å². The zero-order valence-electron chi connectivity index (χ0n) is 12.6. The number of carboxylic acid groups (broad SMARTS) is 1. The van der Waals surface area contributed by atoms with Gasteiger partial charge in [-0.15, -0.1) is 0 Å². The molecule has 0 aromatic carbocycles. The van der Waals surface area contributed by atoms with Crippen LogP contribution in [0.4, 0.5) is 4.79 Å². The van der Waals surface area contributed by atoms with Gasteiger partial charge >= 0.3 is 12.0 Å². The van der Waals surface area contributed by atoms with Gasteiger partial charge in [-0.1, -0.05) is 13.8 Å². The summed E-state index contributed by atoms with van der Waals surface area (Å²) in [5, 5.41) is 12.6. The van der Waals surface area contributed by atoms with Crippen LogP contribution in [0.5, 0.6) is 0 Å². The van der Waals surface area contributed by atoms with Crippen molar-refractivity contribution in [2.75, 3.05) is 18.8 Å². The van der Waals surface area contributed by atoms with Crippen molar-refractivity contribution in [3.05, 3.63) is 0 Å². The Labute approximate surface area is 125 Å². The van der Waals surface area contributed by atoms with Crippen molar-refractivity contribution >= 4 is 23.8 Å². The standard InChI is InChI=1S/C14H26N2O3S/c1-4-16(9-10(3)13(17)18)14(19)15-11-6-7-12(8-11)20-5-2/h10-12H,4-9H2,1-3H3,(H,15,19)(H,17,18). The molecule has 0 saturated heterocycles. The van der Waals surface area contributed by atoms with Gasteiger partial charge in [-0.05, 0) is 31.9 Å². The highest BCUT2D eigenvalue weighted by Gasteiger charge is 2.27. The van der Waals surface area contributed by atoms with Gasteiger partial charge in [0, 0.05) is 24.4 Å². The fraction of sp³-hybridized carbons (Fsp3) is 0.857. The monoisotopic (exact) mass is 302 g/mol. The van der Waals surface area contributed by atoms with E-state index in [2.05, 4.69) is 12.2 Å². The number of thioether (sulfide) groups is 1. The number of nitrogens with one attached hydrogen (secondary N) is 1. The van der Waals surface area contributed by atoms with Crippen LogP contribution >= 0.6 is 11.8 Å². The number of carboxylic acids is 1. The molecule has 5 nitrogen and oxygen atoms in total. The highest BCUT2D eigenvalue weighted by Crippen LogP contribution is 2.29. The molecule has 0 bridgehead atoms. The number of hydrogen-bond donors (Lipinski definition) is 2. The third-order valence-electron chi connectivity index (χ3n) is 3.70. The average Bonchev–Trinajstić information content (AvgIpc) is 2.83. The molecule has 20 heavy (non-hydrogen) atoms. The predicted octanol–water partition coefficient (Wildman–Crippen LogP) is 2.41. The van der Waals surface area contributed by atoms with Crippen LogP contribution < -0.4 is 5.32 Å². The molecule has 3 unspecified atom stereocenters. The van der Waals surface area contributed by atoms with Crippen LogP contribution in [0, 0.1) is 5.92 Å². The van der Waals surface area contributed by atoms with Crippen molar-refractivity contribution in [2.24, 2.45) is 5.92 Å². The summed E-state index contributed by atoms with van der Waals surface area (Å²) in [6, 6.07) is 0.105. The molecule has 0 spiro atoms. The summed E-state index contributed by atoms with van der Waals surface area (Å²) in [6.45, 7) is 6.45. The van der Waals surface area contributed by atoms with E-state index in [1.165, 1.54) is 0 Å². The summed E-state index contributed by atoms with van der Waals surface area (Å²) < 4.78 is 0. The Kier molecular flexibility index (Phi) is 7.19. The molecular formula is C14H26N2O3S. The fourth-order valence-electron chi connectivity index (χ4n) is 2.49. The molecule has 1 fully saturated rings. The first-order chi connectivity index (χ1) is 9.47. The summed E-state index contributed by atoms with van der Waals surface area (Å²) >= 11 is 1.96. The summed E-state index contributed by atoms with van der Waals surface area (Å²) in [4.78, 5) is 24.6. The lowest BCUT2D eigenvalue weighted by Crippen LogP contribution is -2.46. The first-order valence-electron chi connectivity index (χ1n) is 7.37. The maximum absolute atomic E-state index is 12.2. The van der Waals surface area contributed by atoms with E-state index in [1.807, 2.05) is 18.7 Å². The van der Waals surface area contributed by atoms with Crippen molar-refractivity contribution in [1.82, 2.24) is 10.2 Å². The van der Waals surface area contributed by atoms with E-state index in [9.17, 15) is 9.59 Å². The summed E-state index contributed by atoms with van der Waals surface area (Å²) in [5.41, 5.74) is 0. The molecule has 3 atom stereocenters. The molecule has 116 valence electrons. The van der Waals surface area contributed by atoms with Gasteiger partial charge in [0.05, 0.1) is 5.92 Å². The quantitative estimate of drug-likeness (QED) is 0.758. The number of hydrogen-bond acceptors (Lipinski definition) is 3. The molecule has 6 heteroatoms. The molecule has 0 aromatic heterocycles. The third-order valence-corrected chi connectivity index (χ3v) is 4.93. The first-order valence-corrected chi connectivity index (χ1v) is 8.42. The summed E-state index contributed by atoms with van der Waals surface area (Å²) in [7, 11) is 0. The fourth-order valence-corrected chi connectivity index (χ4v) is 3.63. The molecule has 0 aromatic rings. The Hall–Kier alpha value is -0.910. The predicted molar refractivity (Wildman–Crippen MR) is 82.1 cm³/mol. The van der Waals surface area contributed by atoms with Gasteiger partial charge in [-0.25, -0.2) is 4.79 Å². The van der Waals surface area contributed by atoms with E-state index >= 15 is 0 Å². The Balaban J connectivity index is 2.42.